The average Bonchev–Trinajstić information content (AvgIpc) is 2.36. The van der Waals surface area contributed by atoms with Crippen molar-refractivity contribution in [3.8, 4) is 0 Å². The van der Waals surface area contributed by atoms with E-state index in [1.807, 2.05) is 11.8 Å². The predicted molar refractivity (Wildman–Crippen MR) is 73.6 cm³/mol. The van der Waals surface area contributed by atoms with E-state index in [-0.39, 0.29) is 6.54 Å². The molecular formula is C14H21N3O2. The topological polar surface area (TPSA) is 66.3 Å². The smallest absolute Gasteiger partial charge is 0.323 e. The number of fused-ring (bicyclic) bond motifs is 1. The highest BCUT2D eigenvalue weighted by Crippen LogP contribution is 2.28. The lowest BCUT2D eigenvalue weighted by Gasteiger charge is -2.27. The Bertz CT molecular complexity index is 474. The van der Waals surface area contributed by atoms with Crippen LogP contribution in [0, 0.1) is 6.92 Å². The number of hydrogen-bond donors (Lipinski definition) is 1. The molecule has 0 radical (unpaired) electrons. The average molecular weight is 263 g/mol. The molecule has 0 aromatic carbocycles. The maximum absolute atomic E-state index is 11.0. The third-order valence-corrected chi connectivity index (χ3v) is 3.39. The van der Waals surface area contributed by atoms with E-state index in [0.717, 1.165) is 61.5 Å². The van der Waals surface area contributed by atoms with Gasteiger partial charge >= 0.3 is 5.97 Å². The van der Waals surface area contributed by atoms with Gasteiger partial charge in [0.25, 0.3) is 0 Å². The molecule has 0 bridgehead atoms. The van der Waals surface area contributed by atoms with Gasteiger partial charge < -0.3 is 10.0 Å². The van der Waals surface area contributed by atoms with Gasteiger partial charge in [0, 0.05) is 17.8 Å². The van der Waals surface area contributed by atoms with E-state index in [4.69, 9.17) is 5.11 Å². The number of rotatable bonds is 5. The fourth-order valence-corrected chi connectivity index (χ4v) is 2.65. The number of aryl methyl sites for hydroxylation is 2. The molecule has 0 amide bonds. The highest BCUT2D eigenvalue weighted by atomic mass is 16.4. The number of carbonyl (C=O) groups is 1. The third kappa shape index (κ3) is 3.22. The minimum atomic E-state index is -0.811. The van der Waals surface area contributed by atoms with Gasteiger partial charge in [-0.2, -0.15) is 0 Å². The van der Waals surface area contributed by atoms with Gasteiger partial charge in [-0.3, -0.25) is 4.79 Å². The van der Waals surface area contributed by atoms with Crippen molar-refractivity contribution < 1.29 is 9.90 Å². The minimum absolute atomic E-state index is 0.0106. The largest absolute Gasteiger partial charge is 0.480 e. The molecule has 19 heavy (non-hydrogen) atoms. The molecule has 1 heterocycles. The first-order valence-corrected chi connectivity index (χ1v) is 6.95. The van der Waals surface area contributed by atoms with Crippen LogP contribution in [0.3, 0.4) is 0 Å². The summed E-state index contributed by atoms with van der Waals surface area (Å²) in [4.78, 5) is 21.9. The first-order valence-electron chi connectivity index (χ1n) is 6.95. The van der Waals surface area contributed by atoms with Crippen molar-refractivity contribution in [1.29, 1.82) is 0 Å². The quantitative estimate of drug-likeness (QED) is 0.879. The summed E-state index contributed by atoms with van der Waals surface area (Å²) in [5.41, 5.74) is 2.27. The maximum atomic E-state index is 11.0. The predicted octanol–water partition coefficient (Wildman–Crippen LogP) is 1.96. The van der Waals surface area contributed by atoms with Crippen molar-refractivity contribution in [2.45, 2.75) is 46.0 Å². The van der Waals surface area contributed by atoms with Crippen LogP contribution in [0.2, 0.25) is 0 Å². The van der Waals surface area contributed by atoms with Crippen molar-refractivity contribution in [2.75, 3.05) is 18.0 Å². The van der Waals surface area contributed by atoms with Crippen LogP contribution in [0.25, 0.3) is 0 Å². The molecule has 5 nitrogen and oxygen atoms in total. The summed E-state index contributed by atoms with van der Waals surface area (Å²) in [5, 5.41) is 9.06. The van der Waals surface area contributed by atoms with Gasteiger partial charge in [-0.15, -0.1) is 0 Å². The summed E-state index contributed by atoms with van der Waals surface area (Å²) in [5.74, 6) is 0.767. The minimum Gasteiger partial charge on any atom is -0.480 e. The second-order valence-corrected chi connectivity index (χ2v) is 5.04. The number of hydrogen-bond acceptors (Lipinski definition) is 4. The fraction of sp³-hybridized carbons (Fsp3) is 0.643. The lowest BCUT2D eigenvalue weighted by Crippen LogP contribution is -2.33. The van der Waals surface area contributed by atoms with Crippen LogP contribution in [-0.2, 0) is 17.6 Å². The maximum Gasteiger partial charge on any atom is 0.323 e. The molecule has 1 aromatic rings. The van der Waals surface area contributed by atoms with Gasteiger partial charge in [-0.1, -0.05) is 6.92 Å². The van der Waals surface area contributed by atoms with E-state index in [0.29, 0.717) is 0 Å². The molecule has 1 aliphatic carbocycles. The molecular weight excluding hydrogens is 242 g/mol. The van der Waals surface area contributed by atoms with E-state index in [1.54, 1.807) is 0 Å². The van der Waals surface area contributed by atoms with E-state index < -0.39 is 5.97 Å². The molecule has 0 saturated carbocycles. The standard InChI is InChI=1S/C14H21N3O2/c1-3-8-17(9-13(18)19)14-11-6-4-5-7-12(11)15-10(2)16-14/h3-9H2,1-2H3,(H,18,19). The number of nitrogens with zero attached hydrogens (tertiary/aromatic N) is 3. The van der Waals surface area contributed by atoms with Gasteiger partial charge in [-0.05, 0) is 39.0 Å². The molecule has 1 N–H and O–H groups in total. The summed E-state index contributed by atoms with van der Waals surface area (Å²) < 4.78 is 0. The normalized spacial score (nSPS) is 14.0. The summed E-state index contributed by atoms with van der Waals surface area (Å²) in [6.07, 6.45) is 5.16. The Hall–Kier alpha value is -1.65. The van der Waals surface area contributed by atoms with Crippen LogP contribution in [0.5, 0.6) is 0 Å². The van der Waals surface area contributed by atoms with Crippen LogP contribution >= 0.6 is 0 Å². The Kier molecular flexibility index (Phi) is 4.35. The highest BCUT2D eigenvalue weighted by molar-refractivity contribution is 5.73. The Balaban J connectivity index is 2.39. The molecule has 5 heteroatoms. The zero-order valence-corrected chi connectivity index (χ0v) is 11.6. The summed E-state index contributed by atoms with van der Waals surface area (Å²) in [6.45, 7) is 4.66. The second kappa shape index (κ2) is 5.99. The molecule has 104 valence electrons. The number of carboxylic acid groups (broad SMARTS) is 1. The van der Waals surface area contributed by atoms with E-state index in [1.165, 1.54) is 0 Å². The molecule has 0 fully saturated rings. The molecule has 1 aliphatic rings. The van der Waals surface area contributed by atoms with Gasteiger partial charge in [0.15, 0.2) is 0 Å². The summed E-state index contributed by atoms with van der Waals surface area (Å²) in [6, 6.07) is 0. The van der Waals surface area contributed by atoms with E-state index in [2.05, 4.69) is 16.9 Å². The summed E-state index contributed by atoms with van der Waals surface area (Å²) >= 11 is 0. The zero-order chi connectivity index (χ0) is 13.8. The Morgan fingerprint density at radius 1 is 1.32 bits per heavy atom. The van der Waals surface area contributed by atoms with Gasteiger partial charge in [0.1, 0.15) is 18.2 Å². The summed E-state index contributed by atoms with van der Waals surface area (Å²) in [7, 11) is 0. The van der Waals surface area contributed by atoms with Crippen LogP contribution < -0.4 is 4.90 Å². The highest BCUT2D eigenvalue weighted by Gasteiger charge is 2.21. The lowest BCUT2D eigenvalue weighted by molar-refractivity contribution is -0.135. The molecule has 0 spiro atoms. The van der Waals surface area contributed by atoms with Crippen molar-refractivity contribution in [3.05, 3.63) is 17.1 Å². The van der Waals surface area contributed by atoms with Crippen LogP contribution in [0.4, 0.5) is 5.82 Å². The zero-order valence-electron chi connectivity index (χ0n) is 11.6. The van der Waals surface area contributed by atoms with Crippen molar-refractivity contribution >= 4 is 11.8 Å². The van der Waals surface area contributed by atoms with Crippen LogP contribution in [0.15, 0.2) is 0 Å². The van der Waals surface area contributed by atoms with Crippen molar-refractivity contribution in [2.24, 2.45) is 0 Å². The van der Waals surface area contributed by atoms with Crippen molar-refractivity contribution in [3.63, 3.8) is 0 Å². The molecule has 1 aromatic heterocycles. The monoisotopic (exact) mass is 263 g/mol. The van der Waals surface area contributed by atoms with E-state index >= 15 is 0 Å². The molecule has 0 aliphatic heterocycles. The fourth-order valence-electron chi connectivity index (χ4n) is 2.65. The molecule has 0 unspecified atom stereocenters. The van der Waals surface area contributed by atoms with E-state index in [9.17, 15) is 4.79 Å². The lowest BCUT2D eigenvalue weighted by atomic mass is 9.96. The number of aromatic nitrogens is 2. The second-order valence-electron chi connectivity index (χ2n) is 5.04. The number of carboxylic acids is 1. The van der Waals surface area contributed by atoms with Gasteiger partial charge in [0.05, 0.1) is 0 Å². The van der Waals surface area contributed by atoms with Gasteiger partial charge in [-0.25, -0.2) is 9.97 Å². The SMILES string of the molecule is CCCN(CC(=O)O)c1nc(C)nc2c1CCCC2. The third-order valence-electron chi connectivity index (χ3n) is 3.39. The van der Waals surface area contributed by atoms with Gasteiger partial charge in [0.2, 0.25) is 0 Å². The number of aliphatic carboxylic acids is 1. The Labute approximate surface area is 113 Å². The molecule has 0 atom stereocenters. The van der Waals surface area contributed by atoms with Crippen LogP contribution in [0.1, 0.15) is 43.3 Å². The Morgan fingerprint density at radius 3 is 2.74 bits per heavy atom. The molecule has 2 rings (SSSR count). The number of anilines is 1. The first-order chi connectivity index (χ1) is 9.11. The van der Waals surface area contributed by atoms with Crippen LogP contribution in [-0.4, -0.2) is 34.1 Å². The Morgan fingerprint density at radius 2 is 2.05 bits per heavy atom. The van der Waals surface area contributed by atoms with Crippen molar-refractivity contribution in [1.82, 2.24) is 9.97 Å². The molecule has 0 saturated heterocycles. The first kappa shape index (κ1) is 13.8.